The fraction of sp³-hybridized carbons (Fsp3) is 0.400. The second-order valence-electron chi connectivity index (χ2n) is 7.60. The zero-order valence-electron chi connectivity index (χ0n) is 20.2. The zero-order valence-corrected chi connectivity index (χ0v) is 21.0. The number of nitrogens with zero attached hydrogens (tertiary/aromatic N) is 1. The molecule has 1 aliphatic carbocycles. The standard InChI is InChI=1S/C13H19NS.C11H13NO5.CH2O/c1-11-4-3-5-13(10-11)15-12-6-8-14(2)9-7-12;1-16-8-5-3-4-7(6-13)9(10(8)17-2)11(14)12-15;1-2/h3-5,10,12H,6-9H2,1-2H3;3-6,8,15H,1-2H3,(H,12,14);1H2. The number of nitrogens with one attached hydrogen (secondary N) is 1. The van der Waals surface area contributed by atoms with Crippen LogP contribution in [0.4, 0.5) is 0 Å². The number of methoxy groups -OCH3 is 2. The Balaban J connectivity index is 0.000000318. The number of benzene rings is 1. The van der Waals surface area contributed by atoms with Gasteiger partial charge in [-0.05, 0) is 58.1 Å². The molecule has 0 saturated carbocycles. The van der Waals surface area contributed by atoms with Crippen LogP contribution in [0.5, 0.6) is 0 Å². The van der Waals surface area contributed by atoms with Crippen molar-refractivity contribution in [1.82, 2.24) is 10.4 Å². The third kappa shape index (κ3) is 8.90. The second-order valence-corrected chi connectivity index (χ2v) is 8.98. The molecule has 1 aromatic rings. The van der Waals surface area contributed by atoms with Gasteiger partial charge in [0.15, 0.2) is 6.29 Å². The first kappa shape index (κ1) is 29.3. The summed E-state index contributed by atoms with van der Waals surface area (Å²) in [7, 11) is 5.01. The number of rotatable bonds is 6. The average molecular weight is 491 g/mol. The van der Waals surface area contributed by atoms with Gasteiger partial charge >= 0.3 is 0 Å². The summed E-state index contributed by atoms with van der Waals surface area (Å²) in [4.78, 5) is 34.3. The van der Waals surface area contributed by atoms with Crippen LogP contribution in [0.15, 0.2) is 64.3 Å². The summed E-state index contributed by atoms with van der Waals surface area (Å²) in [5, 5.41) is 9.49. The summed E-state index contributed by atoms with van der Waals surface area (Å²) in [5.41, 5.74) is 2.89. The molecular weight excluding hydrogens is 456 g/mol. The summed E-state index contributed by atoms with van der Waals surface area (Å²) in [6.07, 6.45) is 7.21. The number of hydroxylamine groups is 1. The minimum absolute atomic E-state index is 0.0538. The van der Waals surface area contributed by atoms with Crippen molar-refractivity contribution in [3.8, 4) is 0 Å². The lowest BCUT2D eigenvalue weighted by Gasteiger charge is -2.28. The van der Waals surface area contributed by atoms with Crippen molar-refractivity contribution in [2.45, 2.75) is 36.0 Å². The van der Waals surface area contributed by atoms with E-state index in [1.165, 1.54) is 62.2 Å². The Hall–Kier alpha value is -2.72. The molecule has 1 aliphatic heterocycles. The van der Waals surface area contributed by atoms with E-state index in [-0.39, 0.29) is 16.9 Å². The van der Waals surface area contributed by atoms with E-state index in [0.717, 1.165) is 5.25 Å². The molecule has 9 heteroatoms. The number of amides is 1. The van der Waals surface area contributed by atoms with Gasteiger partial charge < -0.3 is 19.2 Å². The van der Waals surface area contributed by atoms with Gasteiger partial charge in [0.25, 0.3) is 5.91 Å². The first-order valence-electron chi connectivity index (χ1n) is 10.7. The van der Waals surface area contributed by atoms with Crippen molar-refractivity contribution in [3.05, 3.63) is 65.0 Å². The molecule has 0 spiro atoms. The number of thioether (sulfide) groups is 1. The summed E-state index contributed by atoms with van der Waals surface area (Å²) in [6, 6.07) is 8.85. The van der Waals surface area contributed by atoms with Gasteiger partial charge in [-0.1, -0.05) is 29.8 Å². The van der Waals surface area contributed by atoms with Gasteiger partial charge in [0.2, 0.25) is 0 Å². The quantitative estimate of drug-likeness (QED) is 0.356. The van der Waals surface area contributed by atoms with E-state index >= 15 is 0 Å². The predicted molar refractivity (Wildman–Crippen MR) is 133 cm³/mol. The van der Waals surface area contributed by atoms with Crippen LogP contribution in [0.1, 0.15) is 18.4 Å². The van der Waals surface area contributed by atoms with Crippen LogP contribution in [0.3, 0.4) is 0 Å². The van der Waals surface area contributed by atoms with Gasteiger partial charge in [-0.25, -0.2) is 5.48 Å². The number of aldehydes is 1. The molecule has 1 amide bonds. The Morgan fingerprint density at radius 2 is 1.94 bits per heavy atom. The van der Waals surface area contributed by atoms with E-state index in [9.17, 15) is 9.59 Å². The summed E-state index contributed by atoms with van der Waals surface area (Å²) in [5.74, 6) is -0.669. The van der Waals surface area contributed by atoms with Crippen LogP contribution in [-0.4, -0.2) is 74.8 Å². The molecule has 2 N–H and O–H groups in total. The van der Waals surface area contributed by atoms with Crippen LogP contribution in [-0.2, 0) is 23.9 Å². The molecule has 1 heterocycles. The Kier molecular flexibility index (Phi) is 13.8. The zero-order chi connectivity index (χ0) is 25.5. The Bertz CT molecular complexity index is 891. The molecule has 1 fully saturated rings. The monoisotopic (exact) mass is 490 g/mol. The fourth-order valence-electron chi connectivity index (χ4n) is 3.50. The molecule has 0 bridgehead atoms. The van der Waals surface area contributed by atoms with E-state index < -0.39 is 12.0 Å². The van der Waals surface area contributed by atoms with Gasteiger partial charge in [0, 0.05) is 22.8 Å². The molecule has 1 saturated heterocycles. The Morgan fingerprint density at radius 3 is 2.47 bits per heavy atom. The third-order valence-corrected chi connectivity index (χ3v) is 6.57. The molecule has 3 rings (SSSR count). The highest BCUT2D eigenvalue weighted by Crippen LogP contribution is 2.30. The topological polar surface area (TPSA) is 105 Å². The maximum atomic E-state index is 11.5. The minimum Gasteiger partial charge on any atom is -0.497 e. The van der Waals surface area contributed by atoms with Gasteiger partial charge in [0.1, 0.15) is 18.7 Å². The van der Waals surface area contributed by atoms with Crippen molar-refractivity contribution in [2.24, 2.45) is 0 Å². The van der Waals surface area contributed by atoms with Crippen molar-refractivity contribution in [3.63, 3.8) is 0 Å². The van der Waals surface area contributed by atoms with Crippen LogP contribution in [0.2, 0.25) is 0 Å². The highest BCUT2D eigenvalue weighted by atomic mass is 32.2. The van der Waals surface area contributed by atoms with E-state index in [2.05, 4.69) is 54.9 Å². The molecule has 8 nitrogen and oxygen atoms in total. The molecule has 34 heavy (non-hydrogen) atoms. The minimum atomic E-state index is -0.828. The first-order valence-corrected chi connectivity index (χ1v) is 11.6. The third-order valence-electron chi connectivity index (χ3n) is 5.24. The number of hydrogen-bond donors (Lipinski definition) is 2. The van der Waals surface area contributed by atoms with Gasteiger partial charge in [-0.2, -0.15) is 0 Å². The maximum Gasteiger partial charge on any atom is 0.278 e. The molecule has 1 unspecified atom stereocenters. The SMILES string of the molecule is C=O.COC1=C(C(=O)NO)C(C=O)=CC=CC1OC.Cc1cccc(SC2CCN(C)CC2)c1. The van der Waals surface area contributed by atoms with E-state index in [4.69, 9.17) is 19.5 Å². The first-order chi connectivity index (χ1) is 16.4. The molecule has 0 aromatic heterocycles. The smallest absolute Gasteiger partial charge is 0.278 e. The van der Waals surface area contributed by atoms with Crippen LogP contribution in [0.25, 0.3) is 0 Å². The molecular formula is C25H34N2O6S. The summed E-state index contributed by atoms with van der Waals surface area (Å²) < 4.78 is 10.2. The molecule has 0 radical (unpaired) electrons. The van der Waals surface area contributed by atoms with Gasteiger partial charge in [-0.3, -0.25) is 14.8 Å². The summed E-state index contributed by atoms with van der Waals surface area (Å²) in [6.45, 7) is 6.67. The average Bonchev–Trinajstić information content (AvgIpc) is 3.05. The lowest BCUT2D eigenvalue weighted by Crippen LogP contribution is -2.31. The van der Waals surface area contributed by atoms with Crippen LogP contribution < -0.4 is 5.48 Å². The fourth-order valence-corrected chi connectivity index (χ4v) is 4.74. The number of allylic oxidation sites excluding steroid dienone is 2. The van der Waals surface area contributed by atoms with E-state index in [0.29, 0.717) is 6.29 Å². The number of likely N-dealkylation sites (tertiary alicyclic amines) is 1. The van der Waals surface area contributed by atoms with Crippen molar-refractivity contribution in [1.29, 1.82) is 0 Å². The van der Waals surface area contributed by atoms with Gasteiger partial charge in [-0.15, -0.1) is 11.8 Å². The molecule has 2 aliphatic rings. The molecule has 186 valence electrons. The van der Waals surface area contributed by atoms with Crippen LogP contribution in [0, 0.1) is 6.92 Å². The predicted octanol–water partition coefficient (Wildman–Crippen LogP) is 3.10. The molecule has 1 aromatic carbocycles. The van der Waals surface area contributed by atoms with Gasteiger partial charge in [0.05, 0.1) is 12.7 Å². The van der Waals surface area contributed by atoms with Crippen molar-refractivity contribution < 1.29 is 29.1 Å². The number of ether oxygens (including phenoxy) is 2. The number of carbonyl (C=O) groups is 3. The number of carbonyl (C=O) groups excluding carboxylic acids is 3. The number of hydrogen-bond acceptors (Lipinski definition) is 8. The van der Waals surface area contributed by atoms with E-state index in [1.54, 1.807) is 12.2 Å². The second kappa shape index (κ2) is 16.0. The molecule has 1 atom stereocenters. The maximum absolute atomic E-state index is 11.5. The highest BCUT2D eigenvalue weighted by Gasteiger charge is 2.26. The Morgan fingerprint density at radius 1 is 1.26 bits per heavy atom. The largest absolute Gasteiger partial charge is 0.497 e. The Labute approximate surface area is 205 Å². The lowest BCUT2D eigenvalue weighted by atomic mass is 10.0. The van der Waals surface area contributed by atoms with E-state index in [1.807, 2.05) is 6.79 Å². The number of aryl methyl sites for hydroxylation is 1. The number of piperidine rings is 1. The normalized spacial score (nSPS) is 18.4. The summed E-state index contributed by atoms with van der Waals surface area (Å²) >= 11 is 2.05. The van der Waals surface area contributed by atoms with Crippen LogP contribution >= 0.6 is 11.8 Å². The van der Waals surface area contributed by atoms with Crippen molar-refractivity contribution >= 4 is 30.7 Å². The van der Waals surface area contributed by atoms with Crippen molar-refractivity contribution in [2.75, 3.05) is 34.4 Å². The lowest BCUT2D eigenvalue weighted by molar-refractivity contribution is -0.125. The highest BCUT2D eigenvalue weighted by molar-refractivity contribution is 8.00.